The van der Waals surface area contributed by atoms with Crippen LogP contribution in [-0.2, 0) is 20.9 Å². The highest BCUT2D eigenvalue weighted by Gasteiger charge is 2.17. The van der Waals surface area contributed by atoms with Crippen LogP contribution < -0.4 is 19.5 Å². The Morgan fingerprint density at radius 2 is 1.70 bits per heavy atom. The number of hydrogen-bond acceptors (Lipinski definition) is 6. The molecule has 2 aromatic carbocycles. The Morgan fingerprint density at radius 3 is 2.27 bits per heavy atom. The maximum atomic E-state index is 12.2. The summed E-state index contributed by atoms with van der Waals surface area (Å²) >= 11 is 6.06. The van der Waals surface area contributed by atoms with Gasteiger partial charge in [0.1, 0.15) is 0 Å². The summed E-state index contributed by atoms with van der Waals surface area (Å²) in [6, 6.07) is 10.5. The molecule has 2 rings (SSSR count). The smallest absolute Gasteiger partial charge is 0.331 e. The van der Waals surface area contributed by atoms with E-state index in [4.69, 9.17) is 30.5 Å². The molecule has 1 unspecified atom stereocenters. The van der Waals surface area contributed by atoms with Gasteiger partial charge in [0.05, 0.1) is 21.3 Å². The predicted molar refractivity (Wildman–Crippen MR) is 114 cm³/mol. The summed E-state index contributed by atoms with van der Waals surface area (Å²) in [7, 11) is 4.51. The molecule has 0 spiro atoms. The zero-order chi connectivity index (χ0) is 22.1. The van der Waals surface area contributed by atoms with Crippen LogP contribution >= 0.6 is 11.6 Å². The number of methoxy groups -OCH3 is 3. The average molecular weight is 434 g/mol. The second-order valence-electron chi connectivity index (χ2n) is 6.18. The molecule has 0 saturated heterocycles. The van der Waals surface area contributed by atoms with Gasteiger partial charge in [-0.05, 0) is 42.3 Å². The number of halogens is 1. The van der Waals surface area contributed by atoms with Crippen LogP contribution in [0.4, 0.5) is 0 Å². The Kier molecular flexibility index (Phi) is 8.55. The van der Waals surface area contributed by atoms with Gasteiger partial charge in [-0.25, -0.2) is 4.79 Å². The molecular weight excluding hydrogens is 410 g/mol. The lowest BCUT2D eigenvalue weighted by Gasteiger charge is -2.13. The van der Waals surface area contributed by atoms with Crippen molar-refractivity contribution in [3.05, 3.63) is 58.6 Å². The monoisotopic (exact) mass is 433 g/mol. The van der Waals surface area contributed by atoms with Gasteiger partial charge in [0, 0.05) is 17.6 Å². The summed E-state index contributed by atoms with van der Waals surface area (Å²) in [5.74, 6) is 0.270. The third-order valence-corrected chi connectivity index (χ3v) is 4.54. The number of ether oxygens (including phenoxy) is 4. The third kappa shape index (κ3) is 6.15. The largest absolute Gasteiger partial charge is 0.493 e. The topological polar surface area (TPSA) is 83.1 Å². The predicted octanol–water partition coefficient (Wildman–Crippen LogP) is 3.63. The number of benzene rings is 2. The number of hydrogen-bond donors (Lipinski definition) is 1. The van der Waals surface area contributed by atoms with Crippen molar-refractivity contribution in [1.29, 1.82) is 0 Å². The standard InChI is InChI=1S/C22H24ClNO6/c1-14(22(26)24-13-16-7-5-6-8-17(16)23)30-20(25)10-9-15-11-18(27-2)21(29-4)19(12-15)28-3/h5-12,14H,13H2,1-4H3,(H,24,26)/b10-9+. The SMILES string of the molecule is COc1cc(/C=C/C(=O)OC(C)C(=O)NCc2ccccc2Cl)cc(OC)c1OC. The summed E-state index contributed by atoms with van der Waals surface area (Å²) < 4.78 is 21.0. The van der Waals surface area contributed by atoms with Crippen LogP contribution in [0, 0.1) is 0 Å². The van der Waals surface area contributed by atoms with Crippen LogP contribution in [0.15, 0.2) is 42.5 Å². The van der Waals surface area contributed by atoms with Gasteiger partial charge < -0.3 is 24.3 Å². The molecule has 0 heterocycles. The molecule has 7 nitrogen and oxygen atoms in total. The van der Waals surface area contributed by atoms with E-state index in [-0.39, 0.29) is 6.54 Å². The first kappa shape index (κ1) is 23.1. The highest BCUT2D eigenvalue weighted by Crippen LogP contribution is 2.38. The Morgan fingerprint density at radius 1 is 1.07 bits per heavy atom. The molecular formula is C22H24ClNO6. The highest BCUT2D eigenvalue weighted by atomic mass is 35.5. The minimum atomic E-state index is -0.968. The summed E-state index contributed by atoms with van der Waals surface area (Å²) in [6.07, 6.45) is 1.78. The minimum absolute atomic E-state index is 0.238. The Labute approximate surface area is 180 Å². The Balaban J connectivity index is 1.96. The lowest BCUT2D eigenvalue weighted by molar-refractivity contribution is -0.150. The quantitative estimate of drug-likeness (QED) is 0.480. The molecule has 0 saturated carbocycles. The fourth-order valence-corrected chi connectivity index (χ4v) is 2.80. The molecule has 8 heteroatoms. The van der Waals surface area contributed by atoms with Crippen molar-refractivity contribution in [2.75, 3.05) is 21.3 Å². The molecule has 0 radical (unpaired) electrons. The van der Waals surface area contributed by atoms with Gasteiger partial charge in [-0.1, -0.05) is 29.8 Å². The molecule has 0 aliphatic rings. The van der Waals surface area contributed by atoms with E-state index in [1.165, 1.54) is 40.4 Å². The summed E-state index contributed by atoms with van der Waals surface area (Å²) in [5.41, 5.74) is 1.41. The molecule has 0 aliphatic heterocycles. The van der Waals surface area contributed by atoms with Crippen molar-refractivity contribution in [3.63, 3.8) is 0 Å². The van der Waals surface area contributed by atoms with Gasteiger partial charge in [-0.15, -0.1) is 0 Å². The number of nitrogens with one attached hydrogen (secondary N) is 1. The first-order valence-corrected chi connectivity index (χ1v) is 9.47. The molecule has 30 heavy (non-hydrogen) atoms. The van der Waals surface area contributed by atoms with E-state index in [1.807, 2.05) is 6.07 Å². The minimum Gasteiger partial charge on any atom is -0.493 e. The van der Waals surface area contributed by atoms with Crippen LogP contribution in [0.1, 0.15) is 18.1 Å². The van der Waals surface area contributed by atoms with Crippen molar-refractivity contribution >= 4 is 29.6 Å². The van der Waals surface area contributed by atoms with Gasteiger partial charge in [-0.3, -0.25) is 4.79 Å². The first-order valence-electron chi connectivity index (χ1n) is 9.09. The van der Waals surface area contributed by atoms with Crippen molar-refractivity contribution in [2.24, 2.45) is 0 Å². The number of carbonyl (C=O) groups excluding carboxylic acids is 2. The molecule has 1 amide bonds. The van der Waals surface area contributed by atoms with Gasteiger partial charge in [0.2, 0.25) is 5.75 Å². The fraction of sp³-hybridized carbons (Fsp3) is 0.273. The maximum Gasteiger partial charge on any atom is 0.331 e. The van der Waals surface area contributed by atoms with Gasteiger partial charge in [0.25, 0.3) is 5.91 Å². The summed E-state index contributed by atoms with van der Waals surface area (Å²) in [5, 5.41) is 3.24. The van der Waals surface area contributed by atoms with E-state index >= 15 is 0 Å². The number of rotatable bonds is 9. The van der Waals surface area contributed by atoms with Crippen LogP contribution in [0.25, 0.3) is 6.08 Å². The fourth-order valence-electron chi connectivity index (χ4n) is 2.60. The molecule has 0 aromatic heterocycles. The van der Waals surface area contributed by atoms with Crippen LogP contribution in [-0.4, -0.2) is 39.3 Å². The Hall–Kier alpha value is -3.19. The molecule has 1 N–H and O–H groups in total. The van der Waals surface area contributed by atoms with Gasteiger partial charge in [-0.2, -0.15) is 0 Å². The summed E-state index contributed by atoms with van der Waals surface area (Å²) in [6.45, 7) is 1.73. The number of esters is 1. The molecule has 1 atom stereocenters. The molecule has 0 fully saturated rings. The van der Waals surface area contributed by atoms with E-state index in [0.29, 0.717) is 27.8 Å². The van der Waals surface area contributed by atoms with E-state index in [2.05, 4.69) is 5.32 Å². The maximum absolute atomic E-state index is 12.2. The third-order valence-electron chi connectivity index (χ3n) is 4.17. The van der Waals surface area contributed by atoms with Gasteiger partial charge in [0.15, 0.2) is 17.6 Å². The highest BCUT2D eigenvalue weighted by molar-refractivity contribution is 6.31. The second kappa shape index (κ2) is 11.1. The van der Waals surface area contributed by atoms with Crippen molar-refractivity contribution in [2.45, 2.75) is 19.6 Å². The van der Waals surface area contributed by atoms with E-state index < -0.39 is 18.0 Å². The number of amides is 1. The van der Waals surface area contributed by atoms with Crippen molar-refractivity contribution in [3.8, 4) is 17.2 Å². The van der Waals surface area contributed by atoms with Gasteiger partial charge >= 0.3 is 5.97 Å². The van der Waals surface area contributed by atoms with E-state index in [9.17, 15) is 9.59 Å². The van der Waals surface area contributed by atoms with Crippen LogP contribution in [0.5, 0.6) is 17.2 Å². The van der Waals surface area contributed by atoms with Crippen LogP contribution in [0.3, 0.4) is 0 Å². The zero-order valence-electron chi connectivity index (χ0n) is 17.2. The van der Waals surface area contributed by atoms with E-state index in [0.717, 1.165) is 5.56 Å². The molecule has 160 valence electrons. The summed E-state index contributed by atoms with van der Waals surface area (Å²) in [4.78, 5) is 24.3. The lowest BCUT2D eigenvalue weighted by Crippen LogP contribution is -2.35. The molecule has 0 bridgehead atoms. The normalized spacial score (nSPS) is 11.6. The number of carbonyl (C=O) groups is 2. The van der Waals surface area contributed by atoms with Crippen molar-refractivity contribution in [1.82, 2.24) is 5.32 Å². The second-order valence-corrected chi connectivity index (χ2v) is 6.59. The molecule has 2 aromatic rings. The average Bonchev–Trinajstić information content (AvgIpc) is 2.75. The van der Waals surface area contributed by atoms with Crippen LogP contribution in [0.2, 0.25) is 5.02 Å². The van der Waals surface area contributed by atoms with E-state index in [1.54, 1.807) is 30.3 Å². The lowest BCUT2D eigenvalue weighted by atomic mass is 10.1. The van der Waals surface area contributed by atoms with Crippen molar-refractivity contribution < 1.29 is 28.5 Å². The Bertz CT molecular complexity index is 903. The molecule has 0 aliphatic carbocycles. The zero-order valence-corrected chi connectivity index (χ0v) is 18.0. The first-order chi connectivity index (χ1) is 14.4.